The zero-order valence-corrected chi connectivity index (χ0v) is 8.89. The number of carbonyl (C=O) groups excluding carboxylic acids is 1. The van der Waals surface area contributed by atoms with E-state index in [1.165, 1.54) is 0 Å². The number of ketones is 1. The van der Waals surface area contributed by atoms with Gasteiger partial charge in [0.1, 0.15) is 0 Å². The van der Waals surface area contributed by atoms with Crippen molar-refractivity contribution in [3.05, 3.63) is 65.7 Å². The van der Waals surface area contributed by atoms with Gasteiger partial charge in [0.25, 0.3) is 0 Å². The predicted octanol–water partition coefficient (Wildman–Crippen LogP) is 2.69. The highest BCUT2D eigenvalue weighted by atomic mass is 16.1. The Morgan fingerprint density at radius 2 is 1.75 bits per heavy atom. The number of rotatable bonds is 3. The molecule has 0 aliphatic carbocycles. The second-order valence-corrected chi connectivity index (χ2v) is 3.71. The number of hydrogen-bond donors (Lipinski definition) is 1. The number of carbonyl (C=O) groups is 1. The van der Waals surface area contributed by atoms with E-state index in [4.69, 9.17) is 5.73 Å². The van der Waals surface area contributed by atoms with E-state index in [1.54, 1.807) is 24.3 Å². The van der Waals surface area contributed by atoms with Gasteiger partial charge in [0.2, 0.25) is 0 Å². The number of nitrogen functional groups attached to an aromatic ring is 1. The van der Waals surface area contributed by atoms with E-state index in [0.717, 1.165) is 5.56 Å². The number of benzene rings is 2. The van der Waals surface area contributed by atoms with Crippen LogP contribution in [0.1, 0.15) is 15.9 Å². The third-order valence-electron chi connectivity index (χ3n) is 2.42. The molecule has 0 saturated heterocycles. The van der Waals surface area contributed by atoms with E-state index < -0.39 is 0 Å². The molecule has 0 radical (unpaired) electrons. The number of hydrogen-bond acceptors (Lipinski definition) is 2. The lowest BCUT2D eigenvalue weighted by molar-refractivity contribution is 0.0993. The molecule has 80 valence electrons. The Labute approximate surface area is 94.7 Å². The summed E-state index contributed by atoms with van der Waals surface area (Å²) < 4.78 is 0. The quantitative estimate of drug-likeness (QED) is 0.626. The van der Waals surface area contributed by atoms with Crippen molar-refractivity contribution in [2.24, 2.45) is 0 Å². The van der Waals surface area contributed by atoms with E-state index in [2.05, 4.69) is 0 Å². The zero-order chi connectivity index (χ0) is 11.4. The second kappa shape index (κ2) is 4.62. The molecule has 2 heteroatoms. The van der Waals surface area contributed by atoms with Crippen molar-refractivity contribution < 1.29 is 4.79 Å². The van der Waals surface area contributed by atoms with Gasteiger partial charge in [0.15, 0.2) is 5.78 Å². The first-order valence-corrected chi connectivity index (χ1v) is 5.18. The van der Waals surface area contributed by atoms with E-state index in [-0.39, 0.29) is 5.78 Å². The third kappa shape index (κ3) is 2.48. The first-order valence-electron chi connectivity index (χ1n) is 5.18. The summed E-state index contributed by atoms with van der Waals surface area (Å²) in [5.41, 5.74) is 7.95. The lowest BCUT2D eigenvalue weighted by Gasteiger charge is -2.02. The molecule has 0 atom stereocenters. The molecule has 0 aliphatic heterocycles. The molecular weight excluding hydrogens is 198 g/mol. The minimum absolute atomic E-state index is 0.0958. The fourth-order valence-electron chi connectivity index (χ4n) is 1.60. The summed E-state index contributed by atoms with van der Waals surface area (Å²) in [6, 6.07) is 16.8. The average Bonchev–Trinajstić information content (AvgIpc) is 2.30. The van der Waals surface area contributed by atoms with Crippen LogP contribution >= 0.6 is 0 Å². The first-order chi connectivity index (χ1) is 7.75. The Hall–Kier alpha value is -2.09. The van der Waals surface area contributed by atoms with Crippen LogP contribution in [0, 0.1) is 0 Å². The predicted molar refractivity (Wildman–Crippen MR) is 65.3 cm³/mol. The van der Waals surface area contributed by atoms with E-state index >= 15 is 0 Å². The SMILES string of the molecule is Nc1cccc(C(=O)Cc2ccccc2)c1. The van der Waals surface area contributed by atoms with Crippen LogP contribution in [0.4, 0.5) is 5.69 Å². The zero-order valence-electron chi connectivity index (χ0n) is 8.89. The Kier molecular flexibility index (Phi) is 3.01. The largest absolute Gasteiger partial charge is 0.399 e. The molecule has 2 rings (SSSR count). The number of Topliss-reactive ketones (excluding diaryl/α,β-unsaturated/α-hetero) is 1. The van der Waals surface area contributed by atoms with E-state index in [1.807, 2.05) is 30.3 Å². The van der Waals surface area contributed by atoms with Gasteiger partial charge in [0.05, 0.1) is 0 Å². The topological polar surface area (TPSA) is 43.1 Å². The molecule has 0 aliphatic rings. The maximum atomic E-state index is 11.9. The van der Waals surface area contributed by atoms with Crippen molar-refractivity contribution in [3.63, 3.8) is 0 Å². The van der Waals surface area contributed by atoms with Gasteiger partial charge in [-0.2, -0.15) is 0 Å². The van der Waals surface area contributed by atoms with Gasteiger partial charge in [-0.05, 0) is 17.7 Å². The highest BCUT2D eigenvalue weighted by molar-refractivity contribution is 5.98. The Bertz CT molecular complexity index is 491. The summed E-state index contributed by atoms with van der Waals surface area (Å²) >= 11 is 0. The number of nitrogens with two attached hydrogens (primary N) is 1. The molecule has 0 amide bonds. The van der Waals surface area contributed by atoms with Crippen molar-refractivity contribution in [2.75, 3.05) is 5.73 Å². The fourth-order valence-corrected chi connectivity index (χ4v) is 1.60. The lowest BCUT2D eigenvalue weighted by atomic mass is 10.0. The van der Waals surface area contributed by atoms with Crippen molar-refractivity contribution in [2.45, 2.75) is 6.42 Å². The molecule has 0 saturated carbocycles. The summed E-state index contributed by atoms with van der Waals surface area (Å²) in [6.45, 7) is 0. The average molecular weight is 211 g/mol. The summed E-state index contributed by atoms with van der Waals surface area (Å²) in [6.07, 6.45) is 0.421. The van der Waals surface area contributed by atoms with Gasteiger partial charge in [-0.1, -0.05) is 42.5 Å². The van der Waals surface area contributed by atoms with Crippen LogP contribution in [0.25, 0.3) is 0 Å². The van der Waals surface area contributed by atoms with Gasteiger partial charge in [-0.15, -0.1) is 0 Å². The van der Waals surface area contributed by atoms with Gasteiger partial charge in [-0.25, -0.2) is 0 Å². The van der Waals surface area contributed by atoms with Crippen LogP contribution < -0.4 is 5.73 Å². The Balaban J connectivity index is 2.15. The minimum atomic E-state index is 0.0958. The van der Waals surface area contributed by atoms with Gasteiger partial charge < -0.3 is 5.73 Å². The molecule has 2 aromatic carbocycles. The molecule has 2 aromatic rings. The molecule has 0 spiro atoms. The molecular formula is C14H13NO. The van der Waals surface area contributed by atoms with Gasteiger partial charge in [0, 0.05) is 17.7 Å². The van der Waals surface area contributed by atoms with Crippen molar-refractivity contribution in [3.8, 4) is 0 Å². The summed E-state index contributed by atoms with van der Waals surface area (Å²) in [7, 11) is 0. The highest BCUT2D eigenvalue weighted by Crippen LogP contribution is 2.10. The summed E-state index contributed by atoms with van der Waals surface area (Å²) in [5.74, 6) is 0.0958. The maximum absolute atomic E-state index is 11.9. The lowest BCUT2D eigenvalue weighted by Crippen LogP contribution is -2.03. The van der Waals surface area contributed by atoms with E-state index in [0.29, 0.717) is 17.7 Å². The summed E-state index contributed by atoms with van der Waals surface area (Å²) in [5, 5.41) is 0. The van der Waals surface area contributed by atoms with Crippen LogP contribution in [0.15, 0.2) is 54.6 Å². The summed E-state index contributed by atoms with van der Waals surface area (Å²) in [4.78, 5) is 11.9. The van der Waals surface area contributed by atoms with E-state index in [9.17, 15) is 4.79 Å². The molecule has 0 unspecified atom stereocenters. The highest BCUT2D eigenvalue weighted by Gasteiger charge is 2.06. The van der Waals surface area contributed by atoms with Crippen LogP contribution in [-0.4, -0.2) is 5.78 Å². The molecule has 0 heterocycles. The normalized spacial score (nSPS) is 10.0. The van der Waals surface area contributed by atoms with Crippen LogP contribution in [-0.2, 0) is 6.42 Å². The van der Waals surface area contributed by atoms with Gasteiger partial charge >= 0.3 is 0 Å². The maximum Gasteiger partial charge on any atom is 0.167 e. The van der Waals surface area contributed by atoms with Crippen molar-refractivity contribution >= 4 is 11.5 Å². The molecule has 2 N–H and O–H groups in total. The second-order valence-electron chi connectivity index (χ2n) is 3.71. The first kappa shape index (κ1) is 10.4. The monoisotopic (exact) mass is 211 g/mol. The van der Waals surface area contributed by atoms with Gasteiger partial charge in [-0.3, -0.25) is 4.79 Å². The van der Waals surface area contributed by atoms with Crippen LogP contribution in [0.2, 0.25) is 0 Å². The molecule has 0 aromatic heterocycles. The van der Waals surface area contributed by atoms with Crippen molar-refractivity contribution in [1.29, 1.82) is 0 Å². The molecule has 16 heavy (non-hydrogen) atoms. The molecule has 0 fully saturated rings. The molecule has 0 bridgehead atoms. The Morgan fingerprint density at radius 1 is 1.00 bits per heavy atom. The standard InChI is InChI=1S/C14H13NO/c15-13-8-4-7-12(10-13)14(16)9-11-5-2-1-3-6-11/h1-8,10H,9,15H2. The number of anilines is 1. The van der Waals surface area contributed by atoms with Crippen molar-refractivity contribution in [1.82, 2.24) is 0 Å². The smallest absolute Gasteiger partial charge is 0.167 e. The van der Waals surface area contributed by atoms with Crippen LogP contribution in [0.5, 0.6) is 0 Å². The molecule has 2 nitrogen and oxygen atoms in total. The minimum Gasteiger partial charge on any atom is -0.399 e. The third-order valence-corrected chi connectivity index (χ3v) is 2.42. The Morgan fingerprint density at radius 3 is 2.44 bits per heavy atom. The fraction of sp³-hybridized carbons (Fsp3) is 0.0714. The van der Waals surface area contributed by atoms with Crippen LogP contribution in [0.3, 0.4) is 0 Å².